The normalized spacial score (nSPS) is 13.8. The van der Waals surface area contributed by atoms with Gasteiger partial charge >= 0.3 is 6.09 Å². The zero-order chi connectivity index (χ0) is 15.2. The molecule has 5 heteroatoms. The van der Waals surface area contributed by atoms with Crippen molar-refractivity contribution in [1.82, 2.24) is 15.2 Å². The standard InChI is InChI=1S/C13H18N2.C3H5NO2/c1-10-4-5-13-12(8-10)11(9-14-13)6-7-15(2)3;5-3-4-1-2-6-3/h4-5,8-9,14H,6-7H2,1-3H3;1-2H2,(H,4,5). The average Bonchev–Trinajstić information content (AvgIpc) is 3.06. The maximum atomic E-state index is 9.91. The van der Waals surface area contributed by atoms with E-state index in [1.165, 1.54) is 22.0 Å². The van der Waals surface area contributed by atoms with Gasteiger partial charge in [0, 0.05) is 23.6 Å². The average molecular weight is 289 g/mol. The molecule has 0 saturated carbocycles. The molecule has 0 radical (unpaired) electrons. The van der Waals surface area contributed by atoms with Gasteiger partial charge in [-0.05, 0) is 45.1 Å². The molecule has 2 heterocycles. The van der Waals surface area contributed by atoms with Crippen molar-refractivity contribution in [3.05, 3.63) is 35.5 Å². The molecule has 0 spiro atoms. The molecule has 1 fully saturated rings. The smallest absolute Gasteiger partial charge is 0.407 e. The number of H-pyrrole nitrogens is 1. The number of cyclic esters (lactones) is 1. The molecule has 1 amide bonds. The van der Waals surface area contributed by atoms with Crippen LogP contribution in [-0.4, -0.2) is 49.8 Å². The summed E-state index contributed by atoms with van der Waals surface area (Å²) in [7, 11) is 4.22. The predicted octanol–water partition coefficient (Wildman–Crippen LogP) is 2.31. The molecule has 1 aliphatic rings. The van der Waals surface area contributed by atoms with E-state index in [1.807, 2.05) is 0 Å². The predicted molar refractivity (Wildman–Crippen MR) is 84.6 cm³/mol. The van der Waals surface area contributed by atoms with Crippen molar-refractivity contribution in [3.8, 4) is 0 Å². The molecule has 21 heavy (non-hydrogen) atoms. The van der Waals surface area contributed by atoms with Gasteiger partial charge in [-0.15, -0.1) is 0 Å². The molecular weight excluding hydrogens is 266 g/mol. The van der Waals surface area contributed by atoms with Crippen molar-refractivity contribution < 1.29 is 9.53 Å². The maximum absolute atomic E-state index is 9.91. The molecular formula is C16H23N3O2. The van der Waals surface area contributed by atoms with Crippen LogP contribution in [0.15, 0.2) is 24.4 Å². The first-order valence-corrected chi connectivity index (χ1v) is 7.18. The number of aromatic amines is 1. The number of alkyl carbamates (subject to hydrolysis) is 1. The molecule has 1 aromatic carbocycles. The summed E-state index contributed by atoms with van der Waals surface area (Å²) in [6.45, 7) is 4.43. The third kappa shape index (κ3) is 4.49. The minimum absolute atomic E-state index is 0.296. The molecule has 1 aromatic heterocycles. The molecule has 2 aromatic rings. The molecule has 114 valence electrons. The third-order valence-corrected chi connectivity index (χ3v) is 3.36. The Labute approximate surface area is 125 Å². The minimum Gasteiger partial charge on any atom is -0.448 e. The first kappa shape index (κ1) is 15.4. The topological polar surface area (TPSA) is 57.4 Å². The lowest BCUT2D eigenvalue weighted by molar-refractivity contribution is 0.178. The van der Waals surface area contributed by atoms with Crippen LogP contribution in [0, 0.1) is 6.92 Å². The number of fused-ring (bicyclic) bond motifs is 1. The van der Waals surface area contributed by atoms with E-state index in [9.17, 15) is 4.79 Å². The summed E-state index contributed by atoms with van der Waals surface area (Å²) in [6, 6.07) is 6.56. The highest BCUT2D eigenvalue weighted by Gasteiger charge is 2.06. The number of carbonyl (C=O) groups excluding carboxylic acids is 1. The summed E-state index contributed by atoms with van der Waals surface area (Å²) < 4.78 is 4.40. The van der Waals surface area contributed by atoms with Crippen LogP contribution in [0.1, 0.15) is 11.1 Å². The zero-order valence-electron chi connectivity index (χ0n) is 12.9. The lowest BCUT2D eigenvalue weighted by Gasteiger charge is -2.08. The lowest BCUT2D eigenvalue weighted by Crippen LogP contribution is -2.14. The van der Waals surface area contributed by atoms with Crippen LogP contribution < -0.4 is 5.32 Å². The third-order valence-electron chi connectivity index (χ3n) is 3.36. The number of amides is 1. The van der Waals surface area contributed by atoms with E-state index in [4.69, 9.17) is 0 Å². The van der Waals surface area contributed by atoms with E-state index >= 15 is 0 Å². The molecule has 2 N–H and O–H groups in total. The zero-order valence-corrected chi connectivity index (χ0v) is 12.9. The molecule has 1 aliphatic heterocycles. The quantitative estimate of drug-likeness (QED) is 0.911. The van der Waals surface area contributed by atoms with Crippen molar-refractivity contribution in [3.63, 3.8) is 0 Å². The van der Waals surface area contributed by atoms with Gasteiger partial charge < -0.3 is 19.9 Å². The number of nitrogens with one attached hydrogen (secondary N) is 2. The van der Waals surface area contributed by atoms with E-state index in [1.54, 1.807) is 0 Å². The van der Waals surface area contributed by atoms with Crippen LogP contribution in [0.25, 0.3) is 10.9 Å². The Bertz CT molecular complexity index is 597. The van der Waals surface area contributed by atoms with Gasteiger partial charge in [0.25, 0.3) is 0 Å². The van der Waals surface area contributed by atoms with Crippen molar-refractivity contribution >= 4 is 17.0 Å². The van der Waals surface area contributed by atoms with Gasteiger partial charge in [0.05, 0.1) is 6.54 Å². The minimum atomic E-state index is -0.296. The van der Waals surface area contributed by atoms with Gasteiger partial charge in [-0.2, -0.15) is 0 Å². The highest BCUT2D eigenvalue weighted by atomic mass is 16.6. The fourth-order valence-corrected chi connectivity index (χ4v) is 2.19. The molecule has 0 atom stereocenters. The van der Waals surface area contributed by atoms with E-state index in [2.05, 4.69) is 65.4 Å². The summed E-state index contributed by atoms with van der Waals surface area (Å²) in [6.07, 6.45) is 2.94. The Hall–Kier alpha value is -2.01. The summed E-state index contributed by atoms with van der Waals surface area (Å²) in [5.74, 6) is 0. The van der Waals surface area contributed by atoms with Crippen LogP contribution in [0.2, 0.25) is 0 Å². The number of hydrogen-bond acceptors (Lipinski definition) is 3. The van der Waals surface area contributed by atoms with Crippen LogP contribution in [0.3, 0.4) is 0 Å². The number of aromatic nitrogens is 1. The fraction of sp³-hybridized carbons (Fsp3) is 0.438. The van der Waals surface area contributed by atoms with Gasteiger partial charge in [0.2, 0.25) is 0 Å². The maximum Gasteiger partial charge on any atom is 0.407 e. The molecule has 1 saturated heterocycles. The molecule has 0 bridgehead atoms. The summed E-state index contributed by atoms with van der Waals surface area (Å²) in [5, 5.41) is 3.83. The molecule has 3 rings (SSSR count). The second-order valence-corrected chi connectivity index (χ2v) is 5.48. The van der Waals surface area contributed by atoms with E-state index < -0.39 is 0 Å². The van der Waals surface area contributed by atoms with Crippen LogP contribution in [-0.2, 0) is 11.2 Å². The summed E-state index contributed by atoms with van der Waals surface area (Å²) >= 11 is 0. The Morgan fingerprint density at radius 2 is 2.14 bits per heavy atom. The monoisotopic (exact) mass is 289 g/mol. The number of hydrogen-bond donors (Lipinski definition) is 2. The Morgan fingerprint density at radius 1 is 1.33 bits per heavy atom. The highest BCUT2D eigenvalue weighted by molar-refractivity contribution is 5.83. The van der Waals surface area contributed by atoms with Crippen molar-refractivity contribution in [2.75, 3.05) is 33.8 Å². The number of rotatable bonds is 3. The largest absolute Gasteiger partial charge is 0.448 e. The van der Waals surface area contributed by atoms with Crippen molar-refractivity contribution in [1.29, 1.82) is 0 Å². The van der Waals surface area contributed by atoms with Gasteiger partial charge in [-0.25, -0.2) is 4.79 Å². The van der Waals surface area contributed by atoms with Gasteiger partial charge in [-0.3, -0.25) is 0 Å². The van der Waals surface area contributed by atoms with E-state index in [-0.39, 0.29) is 6.09 Å². The van der Waals surface area contributed by atoms with E-state index in [0.29, 0.717) is 13.2 Å². The van der Waals surface area contributed by atoms with Gasteiger partial charge in [0.15, 0.2) is 0 Å². The van der Waals surface area contributed by atoms with E-state index in [0.717, 1.165) is 13.0 Å². The molecule has 0 unspecified atom stereocenters. The van der Waals surface area contributed by atoms with Crippen LogP contribution in [0.4, 0.5) is 4.79 Å². The Morgan fingerprint density at radius 3 is 2.71 bits per heavy atom. The number of likely N-dealkylation sites (N-methyl/N-ethyl adjacent to an activating group) is 1. The lowest BCUT2D eigenvalue weighted by atomic mass is 10.1. The van der Waals surface area contributed by atoms with Gasteiger partial charge in [0.1, 0.15) is 6.61 Å². The van der Waals surface area contributed by atoms with Crippen LogP contribution >= 0.6 is 0 Å². The van der Waals surface area contributed by atoms with Crippen molar-refractivity contribution in [2.45, 2.75) is 13.3 Å². The highest BCUT2D eigenvalue weighted by Crippen LogP contribution is 2.20. The van der Waals surface area contributed by atoms with Gasteiger partial charge in [-0.1, -0.05) is 11.6 Å². The number of nitrogens with zero attached hydrogens (tertiary/aromatic N) is 1. The second kappa shape index (κ2) is 7.13. The molecule has 5 nitrogen and oxygen atoms in total. The number of benzene rings is 1. The number of carbonyl (C=O) groups is 1. The summed E-state index contributed by atoms with van der Waals surface area (Å²) in [5.41, 5.74) is 3.99. The van der Waals surface area contributed by atoms with Crippen LogP contribution in [0.5, 0.6) is 0 Å². The second-order valence-electron chi connectivity index (χ2n) is 5.48. The number of ether oxygens (including phenoxy) is 1. The van der Waals surface area contributed by atoms with Crippen molar-refractivity contribution in [2.24, 2.45) is 0 Å². The Balaban J connectivity index is 0.000000225. The fourth-order valence-electron chi connectivity index (χ4n) is 2.19. The molecule has 0 aliphatic carbocycles. The first-order valence-electron chi connectivity index (χ1n) is 7.18. The Kier molecular flexibility index (Phi) is 5.22. The number of aryl methyl sites for hydroxylation is 1. The SMILES string of the molecule is Cc1ccc2[nH]cc(CCN(C)C)c2c1.O=C1NCCO1. The first-order chi connectivity index (χ1) is 10.1. The summed E-state index contributed by atoms with van der Waals surface area (Å²) in [4.78, 5) is 15.4.